The van der Waals surface area contributed by atoms with Crippen molar-refractivity contribution in [3.63, 3.8) is 0 Å². The Kier molecular flexibility index (Phi) is 3.03. The average Bonchev–Trinajstić information content (AvgIpc) is 2.83. The normalized spacial score (nSPS) is 12.0. The Bertz CT molecular complexity index is 1530. The largest absolute Gasteiger partial charge is 0.219 e. The van der Waals surface area contributed by atoms with Crippen LogP contribution in [0.3, 0.4) is 0 Å². The van der Waals surface area contributed by atoms with E-state index in [0.29, 0.717) is 0 Å². The van der Waals surface area contributed by atoms with Crippen LogP contribution in [0.15, 0.2) is 109 Å². The molecule has 138 valence electrons. The highest BCUT2D eigenvalue weighted by Crippen LogP contribution is 2.34. The lowest BCUT2D eigenvalue weighted by Gasteiger charge is -2.09. The predicted molar refractivity (Wildman–Crippen MR) is 123 cm³/mol. The molecule has 30 heavy (non-hydrogen) atoms. The van der Waals surface area contributed by atoms with E-state index in [1.54, 1.807) is 0 Å². The Hall–Kier alpha value is -4.04. The molecule has 0 saturated carbocycles. The minimum atomic E-state index is 1.23. The molecule has 0 spiro atoms. The maximum absolute atomic E-state index is 2.39. The van der Waals surface area contributed by atoms with Crippen LogP contribution in [0.4, 0.5) is 0 Å². The first-order chi connectivity index (χ1) is 14.9. The zero-order valence-electron chi connectivity index (χ0n) is 16.3. The summed E-state index contributed by atoms with van der Waals surface area (Å²) in [5, 5.41) is 7.72. The third-order valence-electron chi connectivity index (χ3n) is 6.34. The van der Waals surface area contributed by atoms with Crippen LogP contribution in [0.2, 0.25) is 0 Å². The average molecular weight is 382 g/mol. The Morgan fingerprint density at radius 1 is 0.333 bits per heavy atom. The molecule has 0 aliphatic carbocycles. The zero-order chi connectivity index (χ0) is 19.7. The van der Waals surface area contributed by atoms with E-state index in [4.69, 9.17) is 0 Å². The molecule has 4 aromatic heterocycles. The van der Waals surface area contributed by atoms with Crippen molar-refractivity contribution in [3.05, 3.63) is 109 Å². The molecule has 0 N–H and O–H groups in total. The molecule has 2 heteroatoms. The first-order valence-corrected chi connectivity index (χ1v) is 10.3. The maximum atomic E-state index is 2.39. The summed E-state index contributed by atoms with van der Waals surface area (Å²) in [5.41, 5.74) is 4.94. The van der Waals surface area contributed by atoms with Gasteiger partial charge in [-0.15, -0.1) is 0 Å². The van der Waals surface area contributed by atoms with Gasteiger partial charge < -0.3 is 0 Å². The van der Waals surface area contributed by atoms with Crippen molar-refractivity contribution in [2.75, 3.05) is 0 Å². The van der Waals surface area contributed by atoms with Crippen molar-refractivity contribution in [1.82, 2.24) is 0 Å². The molecular formula is C28H18N2+2. The molecule has 0 aliphatic heterocycles. The molecule has 0 unspecified atom stereocenters. The Morgan fingerprint density at radius 3 is 1.17 bits per heavy atom. The van der Waals surface area contributed by atoms with Crippen molar-refractivity contribution in [2.24, 2.45) is 0 Å². The van der Waals surface area contributed by atoms with Gasteiger partial charge in [0.15, 0.2) is 12.4 Å². The molecule has 4 heterocycles. The van der Waals surface area contributed by atoms with Gasteiger partial charge in [-0.2, -0.15) is 8.80 Å². The summed E-state index contributed by atoms with van der Waals surface area (Å²) >= 11 is 0. The second kappa shape index (κ2) is 5.74. The Labute approximate surface area is 172 Å². The molecule has 7 rings (SSSR count). The molecule has 0 aliphatic rings. The van der Waals surface area contributed by atoms with Gasteiger partial charge in [0.25, 0.3) is 0 Å². The number of hydrogen-bond donors (Lipinski definition) is 0. The van der Waals surface area contributed by atoms with E-state index < -0.39 is 0 Å². The van der Waals surface area contributed by atoms with Gasteiger partial charge in [-0.25, -0.2) is 0 Å². The molecule has 3 aromatic carbocycles. The third kappa shape index (κ3) is 1.98. The SMILES string of the molecule is c1ccc2c(c1)c1cc3c(cc1c1cccc[n+]21)c1ccccc1[n+]1ccccc31. The molecule has 0 bridgehead atoms. The number of fused-ring (bicyclic) bond motifs is 12. The highest BCUT2D eigenvalue weighted by molar-refractivity contribution is 6.20. The number of pyridine rings is 4. The topological polar surface area (TPSA) is 8.20 Å². The lowest BCUT2D eigenvalue weighted by Crippen LogP contribution is -2.23. The van der Waals surface area contributed by atoms with E-state index in [-0.39, 0.29) is 0 Å². The Balaban J connectivity index is 1.86. The minimum absolute atomic E-state index is 1.23. The summed E-state index contributed by atoms with van der Waals surface area (Å²) in [5.74, 6) is 0. The molecule has 0 atom stereocenters. The van der Waals surface area contributed by atoms with E-state index in [2.05, 4.69) is 118 Å². The van der Waals surface area contributed by atoms with E-state index in [1.807, 2.05) is 0 Å². The van der Waals surface area contributed by atoms with Gasteiger partial charge in [-0.1, -0.05) is 24.3 Å². The monoisotopic (exact) mass is 382 g/mol. The quantitative estimate of drug-likeness (QED) is 0.179. The number of benzene rings is 3. The van der Waals surface area contributed by atoms with Gasteiger partial charge in [0.05, 0.1) is 21.5 Å². The van der Waals surface area contributed by atoms with E-state index >= 15 is 0 Å². The van der Waals surface area contributed by atoms with Crippen molar-refractivity contribution in [3.8, 4) is 0 Å². The van der Waals surface area contributed by atoms with Crippen molar-refractivity contribution >= 4 is 54.4 Å². The molecule has 0 amide bonds. The Morgan fingerprint density at radius 2 is 0.700 bits per heavy atom. The first-order valence-electron chi connectivity index (χ1n) is 10.3. The van der Waals surface area contributed by atoms with Crippen LogP contribution < -0.4 is 8.80 Å². The van der Waals surface area contributed by atoms with Gasteiger partial charge in [-0.05, 0) is 36.4 Å². The van der Waals surface area contributed by atoms with Crippen LogP contribution >= 0.6 is 0 Å². The number of nitrogens with zero attached hydrogens (tertiary/aromatic N) is 2. The second-order valence-corrected chi connectivity index (χ2v) is 7.89. The third-order valence-corrected chi connectivity index (χ3v) is 6.34. The molecule has 0 saturated heterocycles. The van der Waals surface area contributed by atoms with Crippen LogP contribution in [0.25, 0.3) is 54.4 Å². The summed E-state index contributed by atoms with van der Waals surface area (Å²) in [6.45, 7) is 0. The van der Waals surface area contributed by atoms with Gasteiger partial charge in [0.1, 0.15) is 0 Å². The highest BCUT2D eigenvalue weighted by atomic mass is 14.9. The lowest BCUT2D eigenvalue weighted by molar-refractivity contribution is -0.480. The smallest absolute Gasteiger partial charge is 0.159 e. The number of para-hydroxylation sites is 2. The van der Waals surface area contributed by atoms with Crippen molar-refractivity contribution in [2.45, 2.75) is 0 Å². The van der Waals surface area contributed by atoms with E-state index in [0.717, 1.165) is 0 Å². The molecule has 7 aromatic rings. The number of aromatic nitrogens is 2. The van der Waals surface area contributed by atoms with E-state index in [9.17, 15) is 0 Å². The molecule has 2 nitrogen and oxygen atoms in total. The van der Waals surface area contributed by atoms with Crippen LogP contribution in [0.5, 0.6) is 0 Å². The summed E-state index contributed by atoms with van der Waals surface area (Å²) in [4.78, 5) is 0. The van der Waals surface area contributed by atoms with Gasteiger partial charge in [0.2, 0.25) is 22.1 Å². The van der Waals surface area contributed by atoms with Gasteiger partial charge in [-0.3, -0.25) is 0 Å². The van der Waals surface area contributed by atoms with Crippen molar-refractivity contribution < 1.29 is 8.80 Å². The van der Waals surface area contributed by atoms with Crippen molar-refractivity contribution in [1.29, 1.82) is 0 Å². The summed E-state index contributed by atoms with van der Waals surface area (Å²) in [6, 6.07) is 35.1. The predicted octanol–water partition coefficient (Wildman–Crippen LogP) is 5.78. The highest BCUT2D eigenvalue weighted by Gasteiger charge is 2.20. The molecule has 0 fully saturated rings. The fraction of sp³-hybridized carbons (Fsp3) is 0. The van der Waals surface area contributed by atoms with Gasteiger partial charge >= 0.3 is 0 Å². The fourth-order valence-corrected chi connectivity index (χ4v) is 5.04. The van der Waals surface area contributed by atoms with E-state index in [1.165, 1.54) is 54.4 Å². The summed E-state index contributed by atoms with van der Waals surface area (Å²) in [6.07, 6.45) is 4.32. The molecule has 0 radical (unpaired) electrons. The minimum Gasteiger partial charge on any atom is -0.159 e. The zero-order valence-corrected chi connectivity index (χ0v) is 16.3. The first kappa shape index (κ1) is 15.8. The van der Waals surface area contributed by atoms with Crippen LogP contribution in [0.1, 0.15) is 0 Å². The summed E-state index contributed by atoms with van der Waals surface area (Å²) in [7, 11) is 0. The van der Waals surface area contributed by atoms with Crippen LogP contribution in [-0.2, 0) is 0 Å². The van der Waals surface area contributed by atoms with Crippen LogP contribution in [-0.4, -0.2) is 0 Å². The number of hydrogen-bond acceptors (Lipinski definition) is 0. The standard InChI is InChI=1S/C28H18N2/c1-3-11-25-19(9-1)21-17-24-22(18-23(21)27-13-5-7-15-29(25)27)20-10-2-4-12-26(20)30-16-8-6-14-28(24)30/h1-18H/q+2. The number of rotatable bonds is 0. The maximum Gasteiger partial charge on any atom is 0.219 e. The molecular weight excluding hydrogens is 364 g/mol. The second-order valence-electron chi connectivity index (χ2n) is 7.89. The van der Waals surface area contributed by atoms with Gasteiger partial charge in [0, 0.05) is 47.2 Å². The van der Waals surface area contributed by atoms with Crippen LogP contribution in [0, 0.1) is 0 Å². The lowest BCUT2D eigenvalue weighted by atomic mass is 9.97. The summed E-state index contributed by atoms with van der Waals surface area (Å²) < 4.78 is 4.61. The fourth-order valence-electron chi connectivity index (χ4n) is 5.04.